The zero-order chi connectivity index (χ0) is 9.84. The van der Waals surface area contributed by atoms with Crippen molar-refractivity contribution in [3.8, 4) is 11.5 Å². The standard InChI is InChI=1S/C11H14O2/c1-8(2)6-7-9-10(12)4-3-5-11(9)13/h3-8,12-13H,1-2H3. The number of hydrogen-bond acceptors (Lipinski definition) is 2. The molecule has 0 aliphatic heterocycles. The van der Waals surface area contributed by atoms with Crippen LogP contribution >= 0.6 is 0 Å². The van der Waals surface area contributed by atoms with Crippen LogP contribution in [-0.2, 0) is 0 Å². The molecule has 0 amide bonds. The number of allylic oxidation sites excluding steroid dienone is 1. The predicted octanol–water partition coefficient (Wildman–Crippen LogP) is 2.77. The van der Waals surface area contributed by atoms with Crippen LogP contribution in [0.4, 0.5) is 0 Å². The molecule has 2 N–H and O–H groups in total. The lowest BCUT2D eigenvalue weighted by Gasteiger charge is -2.02. The fourth-order valence-corrected chi connectivity index (χ4v) is 1.00. The van der Waals surface area contributed by atoms with E-state index < -0.39 is 0 Å². The van der Waals surface area contributed by atoms with Crippen molar-refractivity contribution in [1.82, 2.24) is 0 Å². The highest BCUT2D eigenvalue weighted by Gasteiger charge is 2.01. The Morgan fingerprint density at radius 2 is 1.69 bits per heavy atom. The van der Waals surface area contributed by atoms with Crippen LogP contribution in [0.2, 0.25) is 0 Å². The number of aromatic hydroxyl groups is 2. The zero-order valence-corrected chi connectivity index (χ0v) is 7.86. The molecule has 0 saturated heterocycles. The number of rotatable bonds is 2. The molecule has 13 heavy (non-hydrogen) atoms. The summed E-state index contributed by atoms with van der Waals surface area (Å²) in [4.78, 5) is 0. The van der Waals surface area contributed by atoms with E-state index >= 15 is 0 Å². The molecule has 1 aromatic carbocycles. The minimum Gasteiger partial charge on any atom is -0.507 e. The maximum absolute atomic E-state index is 9.39. The van der Waals surface area contributed by atoms with Crippen molar-refractivity contribution in [2.75, 3.05) is 0 Å². The molecule has 0 aliphatic carbocycles. The van der Waals surface area contributed by atoms with Crippen molar-refractivity contribution in [2.24, 2.45) is 5.92 Å². The monoisotopic (exact) mass is 178 g/mol. The Labute approximate surface area is 78.2 Å². The SMILES string of the molecule is CC(C)C=Cc1c(O)cccc1O. The van der Waals surface area contributed by atoms with E-state index in [1.807, 2.05) is 19.9 Å². The fourth-order valence-electron chi connectivity index (χ4n) is 1.00. The summed E-state index contributed by atoms with van der Waals surface area (Å²) in [5.74, 6) is 0.618. The fraction of sp³-hybridized carbons (Fsp3) is 0.273. The van der Waals surface area contributed by atoms with E-state index in [0.717, 1.165) is 0 Å². The lowest BCUT2D eigenvalue weighted by molar-refractivity contribution is 0.448. The van der Waals surface area contributed by atoms with Crippen molar-refractivity contribution >= 4 is 6.08 Å². The Morgan fingerprint density at radius 1 is 1.15 bits per heavy atom. The van der Waals surface area contributed by atoms with Crippen molar-refractivity contribution in [2.45, 2.75) is 13.8 Å². The largest absolute Gasteiger partial charge is 0.507 e. The molecule has 0 aromatic heterocycles. The van der Waals surface area contributed by atoms with E-state index in [4.69, 9.17) is 0 Å². The summed E-state index contributed by atoms with van der Waals surface area (Å²) in [5.41, 5.74) is 0.483. The average Bonchev–Trinajstić information content (AvgIpc) is 2.03. The molecular formula is C11H14O2. The third kappa shape index (κ3) is 2.51. The molecule has 0 heterocycles. The molecule has 2 nitrogen and oxygen atoms in total. The molecule has 2 heteroatoms. The quantitative estimate of drug-likeness (QED) is 0.731. The van der Waals surface area contributed by atoms with Crippen molar-refractivity contribution in [1.29, 1.82) is 0 Å². The molecule has 0 atom stereocenters. The minimum absolute atomic E-state index is 0.108. The minimum atomic E-state index is 0.108. The summed E-state index contributed by atoms with van der Waals surface area (Å²) >= 11 is 0. The Bertz CT molecular complexity index is 294. The van der Waals surface area contributed by atoms with Crippen LogP contribution in [0.1, 0.15) is 19.4 Å². The Hall–Kier alpha value is -1.44. The zero-order valence-electron chi connectivity index (χ0n) is 7.86. The number of phenolic OH excluding ortho intramolecular Hbond substituents is 2. The normalized spacial score (nSPS) is 11.3. The van der Waals surface area contributed by atoms with E-state index in [1.165, 1.54) is 0 Å². The van der Waals surface area contributed by atoms with Crippen LogP contribution < -0.4 is 0 Å². The molecule has 0 fully saturated rings. The molecule has 1 aromatic rings. The highest BCUT2D eigenvalue weighted by atomic mass is 16.3. The third-order valence-corrected chi connectivity index (χ3v) is 1.71. The maximum atomic E-state index is 9.39. The summed E-state index contributed by atoms with van der Waals surface area (Å²) in [5, 5.41) is 18.8. The molecule has 70 valence electrons. The van der Waals surface area contributed by atoms with E-state index in [9.17, 15) is 10.2 Å². The maximum Gasteiger partial charge on any atom is 0.126 e. The van der Waals surface area contributed by atoms with E-state index in [0.29, 0.717) is 11.5 Å². The van der Waals surface area contributed by atoms with Crippen LogP contribution in [0.25, 0.3) is 6.08 Å². The summed E-state index contributed by atoms with van der Waals surface area (Å²) < 4.78 is 0. The number of hydrogen-bond donors (Lipinski definition) is 2. The Morgan fingerprint density at radius 3 is 2.15 bits per heavy atom. The van der Waals surface area contributed by atoms with E-state index in [2.05, 4.69) is 0 Å². The van der Waals surface area contributed by atoms with Crippen LogP contribution in [-0.4, -0.2) is 10.2 Å². The Kier molecular flexibility index (Phi) is 2.96. The number of phenols is 2. The topological polar surface area (TPSA) is 40.5 Å². The molecular weight excluding hydrogens is 164 g/mol. The number of benzene rings is 1. The van der Waals surface area contributed by atoms with Gasteiger partial charge in [0.15, 0.2) is 0 Å². The van der Waals surface area contributed by atoms with Crippen molar-refractivity contribution in [3.63, 3.8) is 0 Å². The molecule has 0 spiro atoms. The summed E-state index contributed by atoms with van der Waals surface area (Å²) in [6.45, 7) is 4.07. The summed E-state index contributed by atoms with van der Waals surface area (Å²) in [6.07, 6.45) is 3.66. The van der Waals surface area contributed by atoms with Gasteiger partial charge in [-0.1, -0.05) is 32.1 Å². The van der Waals surface area contributed by atoms with Crippen LogP contribution in [0.15, 0.2) is 24.3 Å². The van der Waals surface area contributed by atoms with Gasteiger partial charge in [0, 0.05) is 0 Å². The molecule has 0 unspecified atom stereocenters. The lowest BCUT2D eigenvalue weighted by atomic mass is 10.1. The van der Waals surface area contributed by atoms with E-state index in [1.54, 1.807) is 24.3 Å². The van der Waals surface area contributed by atoms with Gasteiger partial charge in [-0.2, -0.15) is 0 Å². The van der Waals surface area contributed by atoms with Gasteiger partial charge in [-0.3, -0.25) is 0 Å². The first-order chi connectivity index (χ1) is 6.11. The van der Waals surface area contributed by atoms with Crippen molar-refractivity contribution in [3.05, 3.63) is 29.8 Å². The first kappa shape index (κ1) is 9.65. The summed E-state index contributed by atoms with van der Waals surface area (Å²) in [7, 11) is 0. The second kappa shape index (κ2) is 3.99. The van der Waals surface area contributed by atoms with Gasteiger partial charge in [0.25, 0.3) is 0 Å². The van der Waals surface area contributed by atoms with Gasteiger partial charge >= 0.3 is 0 Å². The smallest absolute Gasteiger partial charge is 0.126 e. The highest BCUT2D eigenvalue weighted by Crippen LogP contribution is 2.27. The average molecular weight is 178 g/mol. The first-order valence-corrected chi connectivity index (χ1v) is 4.30. The van der Waals surface area contributed by atoms with E-state index in [-0.39, 0.29) is 11.5 Å². The molecule has 0 saturated carbocycles. The molecule has 0 radical (unpaired) electrons. The van der Waals surface area contributed by atoms with Gasteiger partial charge in [0.1, 0.15) is 11.5 Å². The van der Waals surface area contributed by atoms with Gasteiger partial charge in [-0.25, -0.2) is 0 Å². The van der Waals surface area contributed by atoms with Crippen LogP contribution in [0, 0.1) is 5.92 Å². The van der Waals surface area contributed by atoms with Gasteiger partial charge in [-0.05, 0) is 18.1 Å². The van der Waals surface area contributed by atoms with Crippen LogP contribution in [0.5, 0.6) is 11.5 Å². The predicted molar refractivity (Wildman–Crippen MR) is 53.6 cm³/mol. The lowest BCUT2D eigenvalue weighted by Crippen LogP contribution is -1.80. The molecule has 0 bridgehead atoms. The second-order valence-electron chi connectivity index (χ2n) is 3.31. The highest BCUT2D eigenvalue weighted by molar-refractivity contribution is 5.63. The third-order valence-electron chi connectivity index (χ3n) is 1.71. The van der Waals surface area contributed by atoms with Crippen molar-refractivity contribution < 1.29 is 10.2 Å². The molecule has 0 aliphatic rings. The Balaban J connectivity index is 3.00. The summed E-state index contributed by atoms with van der Waals surface area (Å²) in [6, 6.07) is 4.72. The van der Waals surface area contributed by atoms with Crippen LogP contribution in [0.3, 0.4) is 0 Å². The van der Waals surface area contributed by atoms with Gasteiger partial charge in [0.05, 0.1) is 5.56 Å². The van der Waals surface area contributed by atoms with Gasteiger partial charge < -0.3 is 10.2 Å². The first-order valence-electron chi connectivity index (χ1n) is 4.30. The van der Waals surface area contributed by atoms with Gasteiger partial charge in [0.2, 0.25) is 0 Å². The van der Waals surface area contributed by atoms with Gasteiger partial charge in [-0.15, -0.1) is 0 Å². The second-order valence-corrected chi connectivity index (χ2v) is 3.31. The molecule has 1 rings (SSSR count).